The molecule has 2 N–H and O–H groups in total. The van der Waals surface area contributed by atoms with E-state index in [2.05, 4.69) is 32.4 Å². The zero-order valence-corrected chi connectivity index (χ0v) is 19.8. The van der Waals surface area contributed by atoms with Gasteiger partial charge in [0.25, 0.3) is 5.91 Å². The van der Waals surface area contributed by atoms with Gasteiger partial charge in [0.2, 0.25) is 0 Å². The average Bonchev–Trinajstić information content (AvgIpc) is 2.74. The third-order valence-electron chi connectivity index (χ3n) is 4.51. The number of methoxy groups -OCH3 is 1. The number of aromatic nitrogens is 1. The van der Waals surface area contributed by atoms with Crippen molar-refractivity contribution in [2.45, 2.75) is 32.3 Å². The third kappa shape index (κ3) is 9.72. The smallest absolute Gasteiger partial charge is 0.252 e. The number of ether oxygens (including phenoxy) is 2. The Bertz CT molecular complexity index is 595. The van der Waals surface area contributed by atoms with E-state index in [1.165, 1.54) is 0 Å². The van der Waals surface area contributed by atoms with Crippen LogP contribution in [0.1, 0.15) is 36.5 Å². The van der Waals surface area contributed by atoms with E-state index in [-0.39, 0.29) is 29.9 Å². The zero-order valence-electron chi connectivity index (χ0n) is 17.4. The number of amides is 1. The average molecular weight is 519 g/mol. The number of rotatable bonds is 10. The van der Waals surface area contributed by atoms with Crippen LogP contribution in [0.25, 0.3) is 0 Å². The first-order valence-corrected chi connectivity index (χ1v) is 10.1. The Labute approximate surface area is 190 Å². The number of nitrogens with one attached hydrogen (secondary N) is 2. The van der Waals surface area contributed by atoms with Crippen LogP contribution in [-0.2, 0) is 9.47 Å². The van der Waals surface area contributed by atoms with Crippen molar-refractivity contribution in [2.75, 3.05) is 53.0 Å². The van der Waals surface area contributed by atoms with Gasteiger partial charge in [0, 0.05) is 58.9 Å². The van der Waals surface area contributed by atoms with Gasteiger partial charge in [-0.05, 0) is 38.3 Å². The highest BCUT2D eigenvalue weighted by Gasteiger charge is 2.21. The van der Waals surface area contributed by atoms with E-state index < -0.39 is 0 Å². The number of likely N-dealkylation sites (tertiary alicyclic amines) is 1. The molecule has 1 aromatic heterocycles. The van der Waals surface area contributed by atoms with Crippen molar-refractivity contribution in [1.29, 1.82) is 0 Å². The van der Waals surface area contributed by atoms with Crippen molar-refractivity contribution < 1.29 is 14.3 Å². The molecule has 0 radical (unpaired) electrons. The number of piperidine rings is 1. The maximum Gasteiger partial charge on any atom is 0.252 e. The molecule has 1 aliphatic rings. The molecule has 1 amide bonds. The lowest BCUT2D eigenvalue weighted by Crippen LogP contribution is -2.47. The second-order valence-corrected chi connectivity index (χ2v) is 6.64. The molecule has 29 heavy (non-hydrogen) atoms. The number of aliphatic imine (C=N–C) groups is 1. The van der Waals surface area contributed by atoms with E-state index in [9.17, 15) is 4.79 Å². The predicted octanol–water partition coefficient (Wildman–Crippen LogP) is 1.91. The molecule has 1 saturated heterocycles. The maximum atomic E-state index is 12.0. The molecule has 0 aromatic carbocycles. The standard InChI is InChI=1S/C20H33N5O3.HI/c1-3-22-20(24-11-10-23-19(26)17-6-4-9-21-16-17)25-12-7-18(8-13-25)28-15-5-14-27-2;/h4,6,9,16,18H,3,5,7-8,10-15H2,1-2H3,(H,22,24)(H,23,26);1H. The Hall–Kier alpha value is -1.46. The lowest BCUT2D eigenvalue weighted by atomic mass is 10.1. The Kier molecular flexibility index (Phi) is 13.6. The number of pyridine rings is 1. The van der Waals surface area contributed by atoms with Crippen LogP contribution >= 0.6 is 24.0 Å². The fraction of sp³-hybridized carbons (Fsp3) is 0.650. The van der Waals surface area contributed by atoms with Gasteiger partial charge < -0.3 is 25.0 Å². The normalized spacial score (nSPS) is 15.0. The molecule has 0 bridgehead atoms. The fourth-order valence-electron chi connectivity index (χ4n) is 3.04. The van der Waals surface area contributed by atoms with E-state index >= 15 is 0 Å². The van der Waals surface area contributed by atoms with Gasteiger partial charge in [-0.2, -0.15) is 0 Å². The molecule has 1 aromatic rings. The predicted molar refractivity (Wildman–Crippen MR) is 125 cm³/mol. The number of guanidine groups is 1. The molecule has 0 atom stereocenters. The van der Waals surface area contributed by atoms with Gasteiger partial charge in [0.15, 0.2) is 5.96 Å². The summed E-state index contributed by atoms with van der Waals surface area (Å²) in [5, 5.41) is 6.22. The molecule has 0 spiro atoms. The number of hydrogen-bond acceptors (Lipinski definition) is 5. The summed E-state index contributed by atoms with van der Waals surface area (Å²) >= 11 is 0. The fourth-order valence-corrected chi connectivity index (χ4v) is 3.04. The minimum Gasteiger partial charge on any atom is -0.385 e. The van der Waals surface area contributed by atoms with Crippen molar-refractivity contribution in [2.24, 2.45) is 4.99 Å². The summed E-state index contributed by atoms with van der Waals surface area (Å²) in [6.07, 6.45) is 6.45. The first kappa shape index (κ1) is 25.6. The van der Waals surface area contributed by atoms with Crippen LogP contribution in [0, 0.1) is 0 Å². The topological polar surface area (TPSA) is 88.1 Å². The largest absolute Gasteiger partial charge is 0.385 e. The SMILES string of the molecule is CCNC(=NCCNC(=O)c1cccnc1)N1CCC(OCCCOC)CC1.I. The van der Waals surface area contributed by atoms with E-state index in [0.717, 1.165) is 58.1 Å². The van der Waals surface area contributed by atoms with Crippen molar-refractivity contribution in [3.05, 3.63) is 30.1 Å². The van der Waals surface area contributed by atoms with E-state index in [4.69, 9.17) is 9.47 Å². The van der Waals surface area contributed by atoms with E-state index in [0.29, 0.717) is 24.8 Å². The van der Waals surface area contributed by atoms with Crippen LogP contribution < -0.4 is 10.6 Å². The van der Waals surface area contributed by atoms with Gasteiger partial charge in [0.05, 0.1) is 18.2 Å². The highest BCUT2D eigenvalue weighted by atomic mass is 127. The summed E-state index contributed by atoms with van der Waals surface area (Å²) in [4.78, 5) is 22.9. The molecule has 2 heterocycles. The molecule has 8 nitrogen and oxygen atoms in total. The second-order valence-electron chi connectivity index (χ2n) is 6.64. The Morgan fingerprint density at radius 1 is 1.31 bits per heavy atom. The zero-order chi connectivity index (χ0) is 20.0. The molecule has 1 fully saturated rings. The first-order valence-electron chi connectivity index (χ1n) is 10.1. The van der Waals surface area contributed by atoms with Crippen LogP contribution in [0.2, 0.25) is 0 Å². The highest BCUT2D eigenvalue weighted by molar-refractivity contribution is 14.0. The number of hydrogen-bond donors (Lipinski definition) is 2. The minimum absolute atomic E-state index is 0. The van der Waals surface area contributed by atoms with Crippen LogP contribution in [0.15, 0.2) is 29.5 Å². The van der Waals surface area contributed by atoms with Crippen molar-refractivity contribution in [1.82, 2.24) is 20.5 Å². The molecule has 9 heteroatoms. The summed E-state index contributed by atoms with van der Waals surface area (Å²) in [6, 6.07) is 3.50. The lowest BCUT2D eigenvalue weighted by Gasteiger charge is -2.34. The summed E-state index contributed by atoms with van der Waals surface area (Å²) in [7, 11) is 1.71. The van der Waals surface area contributed by atoms with Crippen molar-refractivity contribution in [3.8, 4) is 0 Å². The maximum absolute atomic E-state index is 12.0. The molecule has 0 saturated carbocycles. The number of carbonyl (C=O) groups excluding carboxylic acids is 1. The number of nitrogens with zero attached hydrogens (tertiary/aromatic N) is 3. The summed E-state index contributed by atoms with van der Waals surface area (Å²) in [6.45, 7) is 7.23. The van der Waals surface area contributed by atoms with Gasteiger partial charge in [-0.3, -0.25) is 14.8 Å². The van der Waals surface area contributed by atoms with Gasteiger partial charge in [-0.25, -0.2) is 0 Å². The van der Waals surface area contributed by atoms with Crippen molar-refractivity contribution in [3.63, 3.8) is 0 Å². The monoisotopic (exact) mass is 519 g/mol. The number of carbonyl (C=O) groups is 1. The Morgan fingerprint density at radius 3 is 2.76 bits per heavy atom. The third-order valence-corrected chi connectivity index (χ3v) is 4.51. The summed E-state index contributed by atoms with van der Waals surface area (Å²) in [5.74, 6) is 0.774. The molecule has 2 rings (SSSR count). The molecule has 0 aliphatic carbocycles. The highest BCUT2D eigenvalue weighted by Crippen LogP contribution is 2.14. The Balaban J connectivity index is 0.00000420. The molecule has 164 valence electrons. The quantitative estimate of drug-likeness (QED) is 0.213. The van der Waals surface area contributed by atoms with Crippen molar-refractivity contribution >= 4 is 35.8 Å². The van der Waals surface area contributed by atoms with Crippen LogP contribution in [-0.4, -0.2) is 80.9 Å². The van der Waals surface area contributed by atoms with Gasteiger partial charge >= 0.3 is 0 Å². The summed E-state index contributed by atoms with van der Waals surface area (Å²) in [5.41, 5.74) is 0.561. The van der Waals surface area contributed by atoms with Gasteiger partial charge in [-0.15, -0.1) is 24.0 Å². The molecular weight excluding hydrogens is 485 g/mol. The van der Waals surface area contributed by atoms with Gasteiger partial charge in [-0.1, -0.05) is 0 Å². The van der Waals surface area contributed by atoms with Crippen LogP contribution in [0.5, 0.6) is 0 Å². The van der Waals surface area contributed by atoms with Crippen LogP contribution in [0.3, 0.4) is 0 Å². The van der Waals surface area contributed by atoms with Gasteiger partial charge in [0.1, 0.15) is 0 Å². The van der Waals surface area contributed by atoms with E-state index in [1.54, 1.807) is 31.6 Å². The number of halogens is 1. The second kappa shape index (κ2) is 15.4. The molecular formula is C20H34IN5O3. The van der Waals surface area contributed by atoms with E-state index in [1.807, 2.05) is 0 Å². The minimum atomic E-state index is -0.125. The summed E-state index contributed by atoms with van der Waals surface area (Å²) < 4.78 is 11.0. The Morgan fingerprint density at radius 2 is 2.10 bits per heavy atom. The lowest BCUT2D eigenvalue weighted by molar-refractivity contribution is 0.00990. The molecule has 1 aliphatic heterocycles. The first-order chi connectivity index (χ1) is 13.7. The molecule has 0 unspecified atom stereocenters. The van der Waals surface area contributed by atoms with Crippen LogP contribution in [0.4, 0.5) is 0 Å².